The van der Waals surface area contributed by atoms with Crippen molar-refractivity contribution in [1.29, 1.82) is 0 Å². The third kappa shape index (κ3) is 4.53. The van der Waals surface area contributed by atoms with Gasteiger partial charge >= 0.3 is 0 Å². The summed E-state index contributed by atoms with van der Waals surface area (Å²) in [4.78, 5) is 15.8. The highest BCUT2D eigenvalue weighted by Crippen LogP contribution is 2.09. The zero-order valence-corrected chi connectivity index (χ0v) is 12.1. The van der Waals surface area contributed by atoms with E-state index in [9.17, 15) is 4.79 Å². The second-order valence-electron chi connectivity index (χ2n) is 4.71. The average Bonchev–Trinajstić information content (AvgIpc) is 2.55. The second kappa shape index (κ2) is 7.94. The number of nitrogens with zero attached hydrogens (tertiary/aromatic N) is 2. The van der Waals surface area contributed by atoms with Gasteiger partial charge in [-0.15, -0.1) is 0 Å². The Hall–Kier alpha value is -2.49. The monoisotopic (exact) mass is 281 g/mol. The number of aromatic nitrogens is 1. The van der Waals surface area contributed by atoms with E-state index in [-0.39, 0.29) is 5.91 Å². The summed E-state index contributed by atoms with van der Waals surface area (Å²) < 4.78 is 0. The Labute approximate surface area is 124 Å². The standard InChI is InChI=1S/C17H19N3O/c1-2-3-11-16(21)19-20-17(14-8-5-4-6-9-14)15-10-7-12-18-13-15/h4-10,12-13H,2-3,11H2,1H3,(H,19,21)/b20-17+. The maximum absolute atomic E-state index is 11.7. The fraction of sp³-hybridized carbons (Fsp3) is 0.235. The van der Waals surface area contributed by atoms with Gasteiger partial charge in [-0.3, -0.25) is 9.78 Å². The van der Waals surface area contributed by atoms with E-state index in [1.807, 2.05) is 42.5 Å². The van der Waals surface area contributed by atoms with Gasteiger partial charge in [0, 0.05) is 29.9 Å². The minimum atomic E-state index is -0.0610. The summed E-state index contributed by atoms with van der Waals surface area (Å²) >= 11 is 0. The maximum Gasteiger partial charge on any atom is 0.240 e. The van der Waals surface area contributed by atoms with E-state index in [2.05, 4.69) is 22.4 Å². The number of benzene rings is 1. The van der Waals surface area contributed by atoms with Crippen LogP contribution in [-0.4, -0.2) is 16.6 Å². The molecule has 108 valence electrons. The highest BCUT2D eigenvalue weighted by atomic mass is 16.2. The van der Waals surface area contributed by atoms with E-state index in [0.717, 1.165) is 24.0 Å². The molecule has 0 saturated heterocycles. The molecule has 1 heterocycles. The molecule has 0 aliphatic heterocycles. The number of hydrazone groups is 1. The van der Waals surface area contributed by atoms with Gasteiger partial charge in [0.25, 0.3) is 0 Å². The Morgan fingerprint density at radius 1 is 1.14 bits per heavy atom. The number of carbonyl (C=O) groups is 1. The number of nitrogens with one attached hydrogen (secondary N) is 1. The van der Waals surface area contributed by atoms with Gasteiger partial charge in [-0.05, 0) is 18.6 Å². The normalized spacial score (nSPS) is 11.2. The average molecular weight is 281 g/mol. The number of hydrogen-bond acceptors (Lipinski definition) is 3. The van der Waals surface area contributed by atoms with Crippen LogP contribution in [0.4, 0.5) is 0 Å². The molecule has 1 aromatic heterocycles. The lowest BCUT2D eigenvalue weighted by Gasteiger charge is -2.07. The molecule has 0 aliphatic carbocycles. The van der Waals surface area contributed by atoms with Crippen LogP contribution < -0.4 is 5.43 Å². The van der Waals surface area contributed by atoms with Gasteiger partial charge in [0.15, 0.2) is 0 Å². The van der Waals surface area contributed by atoms with Crippen LogP contribution in [0, 0.1) is 0 Å². The van der Waals surface area contributed by atoms with Crippen LogP contribution in [0.25, 0.3) is 0 Å². The van der Waals surface area contributed by atoms with Crippen LogP contribution in [0.15, 0.2) is 60.0 Å². The molecule has 0 saturated carbocycles. The van der Waals surface area contributed by atoms with E-state index in [1.165, 1.54) is 0 Å². The van der Waals surface area contributed by atoms with Gasteiger partial charge in [0.05, 0.1) is 5.71 Å². The molecule has 1 N–H and O–H groups in total. The van der Waals surface area contributed by atoms with Gasteiger partial charge in [-0.25, -0.2) is 5.43 Å². The predicted molar refractivity (Wildman–Crippen MR) is 84.0 cm³/mol. The van der Waals surface area contributed by atoms with Crippen LogP contribution >= 0.6 is 0 Å². The van der Waals surface area contributed by atoms with Gasteiger partial charge in [0.2, 0.25) is 5.91 Å². The summed E-state index contributed by atoms with van der Waals surface area (Å²) in [7, 11) is 0. The van der Waals surface area contributed by atoms with E-state index in [4.69, 9.17) is 0 Å². The number of amides is 1. The molecular formula is C17H19N3O. The van der Waals surface area contributed by atoms with Crippen molar-refractivity contribution in [2.75, 3.05) is 0 Å². The van der Waals surface area contributed by atoms with Crippen molar-refractivity contribution in [1.82, 2.24) is 10.4 Å². The Morgan fingerprint density at radius 3 is 2.57 bits per heavy atom. The molecule has 4 heteroatoms. The van der Waals surface area contributed by atoms with E-state index in [0.29, 0.717) is 12.1 Å². The summed E-state index contributed by atoms with van der Waals surface area (Å²) in [6.45, 7) is 2.06. The third-order valence-electron chi connectivity index (χ3n) is 3.03. The highest BCUT2D eigenvalue weighted by Gasteiger charge is 2.08. The molecule has 0 unspecified atom stereocenters. The predicted octanol–water partition coefficient (Wildman–Crippen LogP) is 3.14. The molecule has 2 aromatic rings. The molecule has 1 amide bonds. The lowest BCUT2D eigenvalue weighted by molar-refractivity contribution is -0.121. The summed E-state index contributed by atoms with van der Waals surface area (Å²) in [5.41, 5.74) is 5.17. The lowest BCUT2D eigenvalue weighted by atomic mass is 10.0. The van der Waals surface area contributed by atoms with Gasteiger partial charge in [-0.1, -0.05) is 43.7 Å². The number of hydrogen-bond donors (Lipinski definition) is 1. The molecular weight excluding hydrogens is 262 g/mol. The smallest absolute Gasteiger partial charge is 0.240 e. The van der Waals surface area contributed by atoms with Crippen molar-refractivity contribution < 1.29 is 4.79 Å². The molecule has 0 aliphatic rings. The number of carbonyl (C=O) groups excluding carboxylic acids is 1. The SMILES string of the molecule is CCCCC(=O)N/N=C(\c1ccccc1)c1cccnc1. The van der Waals surface area contributed by atoms with E-state index < -0.39 is 0 Å². The third-order valence-corrected chi connectivity index (χ3v) is 3.03. The lowest BCUT2D eigenvalue weighted by Crippen LogP contribution is -2.20. The first kappa shape index (κ1) is 14.9. The highest BCUT2D eigenvalue weighted by molar-refractivity contribution is 6.12. The maximum atomic E-state index is 11.7. The number of pyridine rings is 1. The first-order chi connectivity index (χ1) is 10.3. The van der Waals surface area contributed by atoms with Crippen molar-refractivity contribution in [3.63, 3.8) is 0 Å². The van der Waals surface area contributed by atoms with Crippen molar-refractivity contribution in [3.8, 4) is 0 Å². The molecule has 0 spiro atoms. The molecule has 0 fully saturated rings. The summed E-state index contributed by atoms with van der Waals surface area (Å²) in [5.74, 6) is -0.0610. The van der Waals surface area contributed by atoms with Crippen molar-refractivity contribution in [3.05, 3.63) is 66.0 Å². The fourth-order valence-electron chi connectivity index (χ4n) is 1.91. The van der Waals surface area contributed by atoms with Crippen molar-refractivity contribution in [2.24, 2.45) is 5.10 Å². The number of unbranched alkanes of at least 4 members (excludes halogenated alkanes) is 1. The number of rotatable bonds is 6. The van der Waals surface area contributed by atoms with Crippen LogP contribution in [-0.2, 0) is 4.79 Å². The van der Waals surface area contributed by atoms with Gasteiger partial charge in [-0.2, -0.15) is 5.10 Å². The van der Waals surface area contributed by atoms with Gasteiger partial charge < -0.3 is 0 Å². The van der Waals surface area contributed by atoms with Crippen LogP contribution in [0.3, 0.4) is 0 Å². The van der Waals surface area contributed by atoms with Crippen molar-refractivity contribution >= 4 is 11.6 Å². The van der Waals surface area contributed by atoms with E-state index >= 15 is 0 Å². The minimum absolute atomic E-state index is 0.0610. The minimum Gasteiger partial charge on any atom is -0.273 e. The van der Waals surface area contributed by atoms with Crippen molar-refractivity contribution in [2.45, 2.75) is 26.2 Å². The molecule has 2 rings (SSSR count). The zero-order valence-electron chi connectivity index (χ0n) is 12.1. The van der Waals surface area contributed by atoms with Crippen LogP contribution in [0.1, 0.15) is 37.3 Å². The summed E-state index contributed by atoms with van der Waals surface area (Å²) in [5, 5.41) is 4.29. The molecule has 0 bridgehead atoms. The molecule has 4 nitrogen and oxygen atoms in total. The second-order valence-corrected chi connectivity index (χ2v) is 4.71. The fourth-order valence-corrected chi connectivity index (χ4v) is 1.91. The Balaban J connectivity index is 2.23. The quantitative estimate of drug-likeness (QED) is 0.653. The van der Waals surface area contributed by atoms with Crippen LogP contribution in [0.2, 0.25) is 0 Å². The molecule has 1 aromatic carbocycles. The molecule has 0 atom stereocenters. The Bertz CT molecular complexity index is 552. The van der Waals surface area contributed by atoms with Crippen LogP contribution in [0.5, 0.6) is 0 Å². The topological polar surface area (TPSA) is 54.4 Å². The largest absolute Gasteiger partial charge is 0.273 e. The summed E-state index contributed by atoms with van der Waals surface area (Å²) in [6, 6.07) is 13.5. The molecule has 21 heavy (non-hydrogen) atoms. The molecule has 0 radical (unpaired) electrons. The Morgan fingerprint density at radius 2 is 1.90 bits per heavy atom. The zero-order chi connectivity index (χ0) is 14.9. The Kier molecular flexibility index (Phi) is 5.64. The van der Waals surface area contributed by atoms with E-state index in [1.54, 1.807) is 12.4 Å². The van der Waals surface area contributed by atoms with Gasteiger partial charge in [0.1, 0.15) is 0 Å². The first-order valence-corrected chi connectivity index (χ1v) is 7.13. The summed E-state index contributed by atoms with van der Waals surface area (Å²) in [6.07, 6.45) is 5.81. The first-order valence-electron chi connectivity index (χ1n) is 7.13.